The van der Waals surface area contributed by atoms with Gasteiger partial charge in [-0.05, 0) is 0 Å². The van der Waals surface area contributed by atoms with Gasteiger partial charge in [0.2, 0.25) is 0 Å². The van der Waals surface area contributed by atoms with Gasteiger partial charge in [0.25, 0.3) is 0 Å². The molecule has 0 aliphatic carbocycles. The minimum absolute atomic E-state index is 0.0718. The van der Waals surface area contributed by atoms with Gasteiger partial charge in [-0.3, -0.25) is 0 Å². The van der Waals surface area contributed by atoms with Crippen LogP contribution in [0.4, 0.5) is 0 Å². The second-order valence-corrected chi connectivity index (χ2v) is 11.5. The molecule has 0 spiro atoms. The molecule has 0 rings (SSSR count). The van der Waals surface area contributed by atoms with Crippen LogP contribution >= 0.6 is 45.9 Å². The maximum absolute atomic E-state index is 5.46. The average Bonchev–Trinajstić information content (AvgIpc) is 1.31. The van der Waals surface area contributed by atoms with Crippen molar-refractivity contribution in [3.05, 3.63) is 0 Å². The molecule has 0 N–H and O–H groups in total. The molecule has 0 nitrogen and oxygen atoms in total. The van der Waals surface area contributed by atoms with Gasteiger partial charge in [0, 0.05) is 4.87 Å². The molecule has 0 aromatic carbocycles. The third-order valence-electron chi connectivity index (χ3n) is 0.474. The van der Waals surface area contributed by atoms with Gasteiger partial charge in [0.05, 0.1) is 0 Å². The highest BCUT2D eigenvalue weighted by Crippen LogP contribution is 2.26. The van der Waals surface area contributed by atoms with E-state index in [1.54, 1.807) is 6.92 Å². The van der Waals surface area contributed by atoms with E-state index >= 15 is 0 Å². The van der Waals surface area contributed by atoms with Crippen molar-refractivity contribution in [3.63, 3.8) is 0 Å². The molecule has 0 aromatic heterocycles. The van der Waals surface area contributed by atoms with Crippen LogP contribution in [0.25, 0.3) is 0 Å². The lowest BCUT2D eigenvalue weighted by atomic mass is 11.0. The largest absolute Gasteiger partial charge is 0.353 e. The summed E-state index contributed by atoms with van der Waals surface area (Å²) in [5, 5.41) is 0. The normalized spacial score (nSPS) is 16.7. The molecule has 0 bridgehead atoms. The maximum Gasteiger partial charge on any atom is 0.353 e. The molecule has 1 unspecified atom stereocenters. The van der Waals surface area contributed by atoms with Gasteiger partial charge in [0.1, 0.15) is 0 Å². The minimum Gasteiger partial charge on any atom is -0.176 e. The fraction of sp³-hybridized carbons (Fsp3) is 1.00. The van der Waals surface area contributed by atoms with E-state index in [1.165, 1.54) is 0 Å². The van der Waals surface area contributed by atoms with Crippen LogP contribution in [-0.2, 0) is 0 Å². The summed E-state index contributed by atoms with van der Waals surface area (Å²) in [4.78, 5) is -0.0718. The van der Waals surface area contributed by atoms with Crippen LogP contribution in [0.3, 0.4) is 0 Å². The van der Waals surface area contributed by atoms with Crippen LogP contribution < -0.4 is 0 Å². The van der Waals surface area contributed by atoms with Crippen molar-refractivity contribution in [1.29, 1.82) is 0 Å². The molecular weight excluding hydrogens is 191 g/mol. The fourth-order valence-electron chi connectivity index (χ4n) is 0. The lowest BCUT2D eigenvalue weighted by molar-refractivity contribution is 1.40. The smallest absolute Gasteiger partial charge is 0.176 e. The predicted molar refractivity (Wildman–Crippen MR) is 41.8 cm³/mol. The summed E-state index contributed by atoms with van der Waals surface area (Å²) < 4.78 is 0. The van der Waals surface area contributed by atoms with Crippen molar-refractivity contribution in [1.82, 2.24) is 0 Å². The first-order chi connectivity index (χ1) is 2.94. The number of rotatable bonds is 1. The second-order valence-electron chi connectivity index (χ2n) is 1.22. The number of hydrogen-bond acceptors (Lipinski definition) is 1. The third-order valence-corrected chi connectivity index (χ3v) is 6.90. The summed E-state index contributed by atoms with van der Waals surface area (Å²) in [6.07, 6.45) is 0. The standard InChI is InChI=1S/C2H5Cl3SSi/c1-2(6)7(3,4)5/h2,6H,1H3. The summed E-state index contributed by atoms with van der Waals surface area (Å²) in [5.74, 6) is 0. The lowest BCUT2D eigenvalue weighted by Crippen LogP contribution is -2.22. The molecule has 0 aromatic rings. The van der Waals surface area contributed by atoms with Crippen molar-refractivity contribution in [3.8, 4) is 0 Å². The minimum atomic E-state index is -2.45. The van der Waals surface area contributed by atoms with Gasteiger partial charge >= 0.3 is 6.00 Å². The van der Waals surface area contributed by atoms with Gasteiger partial charge in [-0.1, -0.05) is 6.92 Å². The summed E-state index contributed by atoms with van der Waals surface area (Å²) in [5.41, 5.74) is 0. The Morgan fingerprint density at radius 2 is 1.57 bits per heavy atom. The molecule has 0 saturated carbocycles. The van der Waals surface area contributed by atoms with E-state index < -0.39 is 6.00 Å². The Bertz CT molecular complexity index is 58.4. The summed E-state index contributed by atoms with van der Waals surface area (Å²) in [6, 6.07) is -2.45. The quantitative estimate of drug-likeness (QED) is 0.371. The zero-order chi connectivity index (χ0) is 6.08. The van der Waals surface area contributed by atoms with E-state index in [4.69, 9.17) is 33.2 Å². The van der Waals surface area contributed by atoms with Crippen LogP contribution in [0, 0.1) is 0 Å². The average molecular weight is 196 g/mol. The van der Waals surface area contributed by atoms with Crippen LogP contribution in [0.1, 0.15) is 6.92 Å². The van der Waals surface area contributed by atoms with E-state index in [0.717, 1.165) is 0 Å². The predicted octanol–water partition coefficient (Wildman–Crippen LogP) is 2.50. The third kappa shape index (κ3) is 3.97. The van der Waals surface area contributed by atoms with E-state index in [9.17, 15) is 0 Å². The van der Waals surface area contributed by atoms with Gasteiger partial charge in [0.15, 0.2) is 0 Å². The summed E-state index contributed by atoms with van der Waals surface area (Å²) in [7, 11) is 0. The maximum atomic E-state index is 5.46. The van der Waals surface area contributed by atoms with Crippen molar-refractivity contribution in [2.24, 2.45) is 0 Å². The molecule has 0 amide bonds. The molecule has 44 valence electrons. The Morgan fingerprint density at radius 1 is 1.43 bits per heavy atom. The van der Waals surface area contributed by atoms with Gasteiger partial charge in [-0.15, -0.1) is 33.2 Å². The Kier molecular flexibility index (Phi) is 3.41. The Morgan fingerprint density at radius 3 is 1.57 bits per heavy atom. The highest BCUT2D eigenvalue weighted by Gasteiger charge is 2.30. The summed E-state index contributed by atoms with van der Waals surface area (Å²) >= 11 is 20.3. The van der Waals surface area contributed by atoms with E-state index in [1.807, 2.05) is 0 Å². The van der Waals surface area contributed by atoms with Crippen LogP contribution in [-0.4, -0.2) is 10.9 Å². The molecule has 0 saturated heterocycles. The van der Waals surface area contributed by atoms with Crippen molar-refractivity contribution in [2.75, 3.05) is 0 Å². The lowest BCUT2D eigenvalue weighted by Gasteiger charge is -2.08. The molecular formula is C2H5Cl3SSi. The molecule has 7 heavy (non-hydrogen) atoms. The second kappa shape index (κ2) is 2.83. The molecule has 5 heteroatoms. The first-order valence-electron chi connectivity index (χ1n) is 1.69. The van der Waals surface area contributed by atoms with Crippen LogP contribution in [0.15, 0.2) is 0 Å². The van der Waals surface area contributed by atoms with Gasteiger partial charge in [-0.2, -0.15) is 12.6 Å². The zero-order valence-corrected chi connectivity index (χ0v) is 7.82. The molecule has 0 aliphatic rings. The first-order valence-corrected chi connectivity index (χ1v) is 7.32. The Hall–Kier alpha value is 1.44. The molecule has 0 radical (unpaired) electrons. The van der Waals surface area contributed by atoms with E-state index in [2.05, 4.69) is 12.6 Å². The topological polar surface area (TPSA) is 0 Å². The highest BCUT2D eigenvalue weighted by atomic mass is 35.8. The molecule has 1 atom stereocenters. The van der Waals surface area contributed by atoms with E-state index in [-0.39, 0.29) is 4.87 Å². The Balaban J connectivity index is 3.54. The van der Waals surface area contributed by atoms with Crippen LogP contribution in [0.2, 0.25) is 0 Å². The number of thiol groups is 1. The van der Waals surface area contributed by atoms with E-state index in [0.29, 0.717) is 0 Å². The molecule has 0 heterocycles. The van der Waals surface area contributed by atoms with Crippen molar-refractivity contribution in [2.45, 2.75) is 11.8 Å². The molecule has 0 aliphatic heterocycles. The molecule has 0 fully saturated rings. The SMILES string of the molecule is CC(S)[Si](Cl)(Cl)Cl. The monoisotopic (exact) mass is 194 g/mol. The number of hydrogen-bond donors (Lipinski definition) is 1. The van der Waals surface area contributed by atoms with Crippen molar-refractivity contribution < 1.29 is 0 Å². The fourth-order valence-corrected chi connectivity index (χ4v) is 0. The zero-order valence-electron chi connectivity index (χ0n) is 3.66. The van der Waals surface area contributed by atoms with Gasteiger partial charge in [-0.25, -0.2) is 0 Å². The Labute approximate surface area is 63.7 Å². The van der Waals surface area contributed by atoms with Crippen molar-refractivity contribution >= 4 is 51.9 Å². The first kappa shape index (κ1) is 8.44. The summed E-state index contributed by atoms with van der Waals surface area (Å²) in [6.45, 7) is 1.78. The number of halogens is 3. The van der Waals surface area contributed by atoms with Gasteiger partial charge < -0.3 is 0 Å². The highest BCUT2D eigenvalue weighted by molar-refractivity contribution is 7.88. The van der Waals surface area contributed by atoms with Crippen LogP contribution in [0.5, 0.6) is 0 Å².